The van der Waals surface area contributed by atoms with Crippen LogP contribution in [0.1, 0.15) is 71.8 Å². The van der Waals surface area contributed by atoms with Gasteiger partial charge in [-0.25, -0.2) is 9.97 Å². The summed E-state index contributed by atoms with van der Waals surface area (Å²) in [7, 11) is -1.87. The Labute approximate surface area is 222 Å². The van der Waals surface area contributed by atoms with Crippen LogP contribution in [0.15, 0.2) is 54.6 Å². The minimum Gasteiger partial charge on any atom is -0.413 e. The number of nitrogens with zero attached hydrogens (tertiary/aromatic N) is 3. The molecule has 0 spiro atoms. The molecule has 0 amide bonds. The van der Waals surface area contributed by atoms with Crippen molar-refractivity contribution in [2.75, 3.05) is 0 Å². The number of pyridine rings is 1. The van der Waals surface area contributed by atoms with Crippen molar-refractivity contribution >= 4 is 25.3 Å². The van der Waals surface area contributed by atoms with E-state index in [9.17, 15) is 4.79 Å². The highest BCUT2D eigenvalue weighted by Crippen LogP contribution is 2.37. The Morgan fingerprint density at radius 3 is 2.19 bits per heavy atom. The van der Waals surface area contributed by atoms with Crippen molar-refractivity contribution in [3.8, 4) is 0 Å². The van der Waals surface area contributed by atoms with Gasteiger partial charge in [-0.3, -0.25) is 4.79 Å². The van der Waals surface area contributed by atoms with E-state index in [-0.39, 0.29) is 10.8 Å². The zero-order valence-electron chi connectivity index (χ0n) is 23.5. The number of hydrogen-bond donors (Lipinski definition) is 0. The molecule has 6 heteroatoms. The molecule has 0 saturated carbocycles. The summed E-state index contributed by atoms with van der Waals surface area (Å²) in [4.78, 5) is 23.1. The predicted molar refractivity (Wildman–Crippen MR) is 154 cm³/mol. The number of imidazole rings is 1. The normalized spacial score (nSPS) is 12.3. The molecule has 0 aliphatic rings. The summed E-state index contributed by atoms with van der Waals surface area (Å²) in [5.74, 6) is 1.02. The van der Waals surface area contributed by atoms with E-state index in [2.05, 4.69) is 64.4 Å². The Balaban J connectivity index is 1.58. The Hall–Kier alpha value is -3.09. The summed E-state index contributed by atoms with van der Waals surface area (Å²) in [5, 5.41) is 0.145. The number of aryl methyl sites for hydroxylation is 3. The van der Waals surface area contributed by atoms with Gasteiger partial charge in [-0.1, -0.05) is 64.1 Å². The summed E-state index contributed by atoms with van der Waals surface area (Å²) in [6.45, 7) is 18.6. The summed E-state index contributed by atoms with van der Waals surface area (Å²) < 4.78 is 8.56. The topological polar surface area (TPSA) is 57.0 Å². The average molecular weight is 514 g/mol. The zero-order valence-corrected chi connectivity index (χ0v) is 24.5. The number of aromatic nitrogens is 3. The van der Waals surface area contributed by atoms with E-state index in [0.29, 0.717) is 24.3 Å². The molecule has 0 atom stereocenters. The quantitative estimate of drug-likeness (QED) is 0.182. The first-order chi connectivity index (χ1) is 17.4. The molecule has 0 bridgehead atoms. The predicted octanol–water partition coefficient (Wildman–Crippen LogP) is 7.41. The first kappa shape index (κ1) is 27.0. The largest absolute Gasteiger partial charge is 0.413 e. The molecule has 4 rings (SSSR count). The summed E-state index contributed by atoms with van der Waals surface area (Å²) >= 11 is 0. The van der Waals surface area contributed by atoms with Crippen molar-refractivity contribution in [1.82, 2.24) is 14.5 Å². The molecule has 2 aromatic carbocycles. The monoisotopic (exact) mass is 513 g/mol. The first-order valence-electron chi connectivity index (χ1n) is 13.1. The first-order valence-corrected chi connectivity index (χ1v) is 16.0. The summed E-state index contributed by atoms with van der Waals surface area (Å²) in [6.07, 6.45) is 0.817. The maximum absolute atomic E-state index is 13.5. The third kappa shape index (κ3) is 5.75. The minimum atomic E-state index is -1.87. The maximum atomic E-state index is 13.5. The van der Waals surface area contributed by atoms with Gasteiger partial charge in [0.25, 0.3) is 0 Å². The molecule has 194 valence electrons. The number of benzene rings is 2. The second-order valence-corrected chi connectivity index (χ2v) is 16.3. The molecule has 0 unspecified atom stereocenters. The molecule has 5 nitrogen and oxygen atoms in total. The van der Waals surface area contributed by atoms with Crippen LogP contribution in [-0.2, 0) is 24.0 Å². The highest BCUT2D eigenvalue weighted by atomic mass is 28.4. The van der Waals surface area contributed by atoms with Crippen LogP contribution in [-0.4, -0.2) is 28.6 Å². The molecule has 4 aromatic rings. The molecule has 2 aromatic heterocycles. The Morgan fingerprint density at radius 1 is 0.946 bits per heavy atom. The molecule has 0 N–H and O–H groups in total. The van der Waals surface area contributed by atoms with Crippen molar-refractivity contribution in [1.29, 1.82) is 0 Å². The second kappa shape index (κ2) is 10.3. The van der Waals surface area contributed by atoms with Gasteiger partial charge in [-0.05, 0) is 66.9 Å². The number of rotatable bonds is 8. The molecule has 0 radical (unpaired) electrons. The van der Waals surface area contributed by atoms with Gasteiger partial charge in [0.2, 0.25) is 0 Å². The fraction of sp³-hybridized carbons (Fsp3) is 0.387. The molecule has 37 heavy (non-hydrogen) atoms. The third-order valence-electron chi connectivity index (χ3n) is 7.54. The average Bonchev–Trinajstić information content (AvgIpc) is 3.19. The molecule has 0 saturated heterocycles. The molecule has 0 aliphatic heterocycles. The van der Waals surface area contributed by atoms with Crippen molar-refractivity contribution in [3.63, 3.8) is 0 Å². The third-order valence-corrected chi connectivity index (χ3v) is 12.0. The van der Waals surface area contributed by atoms with Crippen LogP contribution in [0, 0.1) is 13.8 Å². The van der Waals surface area contributed by atoms with Crippen LogP contribution >= 0.6 is 0 Å². The van der Waals surface area contributed by atoms with Crippen molar-refractivity contribution in [3.05, 3.63) is 93.9 Å². The lowest BCUT2D eigenvalue weighted by Gasteiger charge is -2.36. The Kier molecular flexibility index (Phi) is 7.54. The van der Waals surface area contributed by atoms with Crippen molar-refractivity contribution < 1.29 is 9.22 Å². The van der Waals surface area contributed by atoms with Crippen LogP contribution in [0.5, 0.6) is 0 Å². The SMILES string of the molecule is CCc1nc2c(C)cc(C)nc2n1Cc1cccc(C(=O)c2cccc(CO[Si](C)(C)C(C)(C)C)c2)c1. The van der Waals surface area contributed by atoms with Gasteiger partial charge in [0.15, 0.2) is 19.7 Å². The second-order valence-electron chi connectivity index (χ2n) is 11.5. The Bertz CT molecular complexity index is 1450. The van der Waals surface area contributed by atoms with E-state index in [0.717, 1.165) is 45.8 Å². The maximum Gasteiger partial charge on any atom is 0.193 e. The van der Waals surface area contributed by atoms with Gasteiger partial charge in [-0.15, -0.1) is 0 Å². The van der Waals surface area contributed by atoms with Crippen molar-refractivity contribution in [2.45, 2.75) is 79.2 Å². The van der Waals surface area contributed by atoms with E-state index >= 15 is 0 Å². The lowest BCUT2D eigenvalue weighted by molar-refractivity contribution is 0.103. The van der Waals surface area contributed by atoms with Crippen LogP contribution in [0.4, 0.5) is 0 Å². The van der Waals surface area contributed by atoms with Crippen LogP contribution in [0.2, 0.25) is 18.1 Å². The lowest BCUT2D eigenvalue weighted by atomic mass is 10.00. The standard InChI is InChI=1S/C31H39N3O2Si/c1-9-27-33-28-21(2)16-22(3)32-30(28)34(27)19-23-12-10-14-25(17-23)29(35)26-15-11-13-24(18-26)20-36-37(7,8)31(4,5)6/h10-18H,9,19-20H2,1-8H3. The van der Waals surface area contributed by atoms with Crippen LogP contribution < -0.4 is 0 Å². The van der Waals surface area contributed by atoms with Gasteiger partial charge in [0.1, 0.15) is 11.3 Å². The lowest BCUT2D eigenvalue weighted by Crippen LogP contribution is -2.40. The van der Waals surface area contributed by atoms with E-state index in [1.165, 1.54) is 0 Å². The molecule has 0 fully saturated rings. The molecular weight excluding hydrogens is 474 g/mol. The van der Waals surface area contributed by atoms with E-state index in [1.807, 2.05) is 49.4 Å². The molecule has 0 aliphatic carbocycles. The Morgan fingerprint density at radius 2 is 1.57 bits per heavy atom. The van der Waals surface area contributed by atoms with Crippen LogP contribution in [0.3, 0.4) is 0 Å². The number of fused-ring (bicyclic) bond motifs is 1. The molecular formula is C31H39N3O2Si. The van der Waals surface area contributed by atoms with E-state index in [4.69, 9.17) is 14.4 Å². The van der Waals surface area contributed by atoms with E-state index < -0.39 is 8.32 Å². The van der Waals surface area contributed by atoms with Gasteiger partial charge in [0, 0.05) is 23.2 Å². The zero-order chi connectivity index (χ0) is 27.0. The number of carbonyl (C=O) groups excluding carboxylic acids is 1. The fourth-order valence-electron chi connectivity index (χ4n) is 4.33. The van der Waals surface area contributed by atoms with E-state index in [1.54, 1.807) is 0 Å². The minimum absolute atomic E-state index is 0.0204. The van der Waals surface area contributed by atoms with Gasteiger partial charge in [-0.2, -0.15) is 0 Å². The van der Waals surface area contributed by atoms with Crippen LogP contribution in [0.25, 0.3) is 11.2 Å². The fourth-order valence-corrected chi connectivity index (χ4v) is 5.29. The van der Waals surface area contributed by atoms with Gasteiger partial charge in [0.05, 0.1) is 13.2 Å². The number of carbonyl (C=O) groups is 1. The smallest absolute Gasteiger partial charge is 0.193 e. The summed E-state index contributed by atoms with van der Waals surface area (Å²) in [5.41, 5.74) is 7.42. The molecule has 2 heterocycles. The number of hydrogen-bond acceptors (Lipinski definition) is 4. The summed E-state index contributed by atoms with van der Waals surface area (Å²) in [6, 6.07) is 17.8. The highest BCUT2D eigenvalue weighted by Gasteiger charge is 2.37. The number of ketones is 1. The van der Waals surface area contributed by atoms with Gasteiger partial charge >= 0.3 is 0 Å². The highest BCUT2D eigenvalue weighted by molar-refractivity contribution is 6.74. The van der Waals surface area contributed by atoms with Crippen molar-refractivity contribution in [2.24, 2.45) is 0 Å². The van der Waals surface area contributed by atoms with Gasteiger partial charge < -0.3 is 8.99 Å².